The summed E-state index contributed by atoms with van der Waals surface area (Å²) < 4.78 is 2.21. The lowest BCUT2D eigenvalue weighted by atomic mass is 10.3. The molecule has 0 fully saturated rings. The Balaban J connectivity index is 2.14. The van der Waals surface area contributed by atoms with Crippen LogP contribution in [-0.4, -0.2) is 17.0 Å². The lowest BCUT2D eigenvalue weighted by Gasteiger charge is -2.10. The highest BCUT2D eigenvalue weighted by atomic mass is 127. The van der Waals surface area contributed by atoms with Gasteiger partial charge in [-0.05, 0) is 53.3 Å². The van der Waals surface area contributed by atoms with Gasteiger partial charge < -0.3 is 5.32 Å². The van der Waals surface area contributed by atoms with Crippen molar-refractivity contribution in [2.24, 2.45) is 0 Å². The number of aryl methyl sites for hydroxylation is 1. The van der Waals surface area contributed by atoms with Crippen molar-refractivity contribution >= 4 is 56.1 Å². The molecular weight excluding hydrogens is 449 g/mol. The first-order valence-corrected chi connectivity index (χ1v) is 9.11. The fraction of sp³-hybridized carbons (Fsp3) is 0.286. The third kappa shape index (κ3) is 4.08. The van der Waals surface area contributed by atoms with Crippen molar-refractivity contribution in [3.63, 3.8) is 0 Å². The van der Waals surface area contributed by atoms with Gasteiger partial charge in [-0.25, -0.2) is 9.97 Å². The second-order valence-corrected chi connectivity index (χ2v) is 7.14. The van der Waals surface area contributed by atoms with E-state index in [0.717, 1.165) is 37.6 Å². The molecule has 0 aliphatic heterocycles. The molecule has 1 aromatic carbocycles. The summed E-state index contributed by atoms with van der Waals surface area (Å²) in [4.78, 5) is 10.4. The van der Waals surface area contributed by atoms with E-state index in [-0.39, 0.29) is 0 Å². The van der Waals surface area contributed by atoms with E-state index in [2.05, 4.69) is 72.9 Å². The Hall–Kier alpha value is -0.340. The van der Waals surface area contributed by atoms with Crippen molar-refractivity contribution in [3.8, 4) is 0 Å². The van der Waals surface area contributed by atoms with E-state index in [9.17, 15) is 0 Å². The molecule has 6 heteroatoms. The second kappa shape index (κ2) is 7.61. The number of anilines is 1. The van der Waals surface area contributed by atoms with Gasteiger partial charge in [-0.15, -0.1) is 11.8 Å². The third-order valence-electron chi connectivity index (χ3n) is 2.72. The Kier molecular flexibility index (Phi) is 6.10. The van der Waals surface area contributed by atoms with Gasteiger partial charge in [0.1, 0.15) is 11.6 Å². The van der Waals surface area contributed by atoms with Crippen LogP contribution in [0.5, 0.6) is 0 Å². The highest BCUT2D eigenvalue weighted by Gasteiger charge is 2.10. The number of rotatable bonds is 5. The molecule has 0 aliphatic rings. The van der Waals surface area contributed by atoms with Crippen molar-refractivity contribution in [3.05, 3.63) is 43.8 Å². The number of hydrogen-bond acceptors (Lipinski definition) is 4. The van der Waals surface area contributed by atoms with E-state index in [1.54, 1.807) is 11.8 Å². The summed E-state index contributed by atoms with van der Waals surface area (Å²) in [6, 6.07) is 8.30. The van der Waals surface area contributed by atoms with Crippen molar-refractivity contribution in [1.29, 1.82) is 0 Å². The highest BCUT2D eigenvalue weighted by molar-refractivity contribution is 14.1. The fourth-order valence-electron chi connectivity index (χ4n) is 1.69. The van der Waals surface area contributed by atoms with Crippen LogP contribution < -0.4 is 5.32 Å². The monoisotopic (exact) mass is 463 g/mol. The molecule has 1 aromatic heterocycles. The lowest BCUT2D eigenvalue weighted by molar-refractivity contribution is 0.929. The van der Waals surface area contributed by atoms with Gasteiger partial charge in [0.25, 0.3) is 0 Å². The van der Waals surface area contributed by atoms with Crippen LogP contribution in [-0.2, 0) is 12.2 Å². The minimum Gasteiger partial charge on any atom is -0.372 e. The van der Waals surface area contributed by atoms with E-state index in [1.807, 2.05) is 19.2 Å². The van der Waals surface area contributed by atoms with Gasteiger partial charge in [-0.3, -0.25) is 0 Å². The molecule has 2 rings (SSSR count). The molecule has 0 saturated heterocycles. The molecule has 0 atom stereocenters. The first kappa shape index (κ1) is 16.0. The second-order valence-electron chi connectivity index (χ2n) is 4.10. The summed E-state index contributed by atoms with van der Waals surface area (Å²) in [7, 11) is 1.90. The van der Waals surface area contributed by atoms with Crippen LogP contribution >= 0.6 is 50.3 Å². The van der Waals surface area contributed by atoms with E-state index in [4.69, 9.17) is 0 Å². The third-order valence-corrected chi connectivity index (χ3v) is 5.39. The maximum atomic E-state index is 4.64. The molecule has 1 heterocycles. The SMILES string of the molecule is CCc1nc(CSc2ccc(Br)cc2)nc(NC)c1I. The number of benzene rings is 1. The predicted molar refractivity (Wildman–Crippen MR) is 97.4 cm³/mol. The molecule has 0 amide bonds. The topological polar surface area (TPSA) is 37.8 Å². The summed E-state index contributed by atoms with van der Waals surface area (Å²) in [5.41, 5.74) is 1.11. The molecule has 0 saturated carbocycles. The molecule has 0 aliphatic carbocycles. The molecule has 2 aromatic rings. The molecule has 20 heavy (non-hydrogen) atoms. The highest BCUT2D eigenvalue weighted by Crippen LogP contribution is 2.25. The first-order chi connectivity index (χ1) is 9.63. The Morgan fingerprint density at radius 3 is 2.55 bits per heavy atom. The average molecular weight is 464 g/mol. The van der Waals surface area contributed by atoms with Crippen molar-refractivity contribution < 1.29 is 0 Å². The molecule has 0 bridgehead atoms. The molecule has 0 spiro atoms. The van der Waals surface area contributed by atoms with Gasteiger partial charge in [0.15, 0.2) is 0 Å². The first-order valence-electron chi connectivity index (χ1n) is 6.25. The number of thioether (sulfide) groups is 1. The number of hydrogen-bond donors (Lipinski definition) is 1. The van der Waals surface area contributed by atoms with E-state index >= 15 is 0 Å². The minimum absolute atomic E-state index is 0.778. The number of aromatic nitrogens is 2. The van der Waals surface area contributed by atoms with Crippen LogP contribution in [0.15, 0.2) is 33.6 Å². The molecule has 106 valence electrons. The Morgan fingerprint density at radius 2 is 1.95 bits per heavy atom. The van der Waals surface area contributed by atoms with Gasteiger partial charge in [0.05, 0.1) is 15.0 Å². The molecule has 0 unspecified atom stereocenters. The summed E-state index contributed by atoms with van der Waals surface area (Å²) in [6.07, 6.45) is 0.922. The summed E-state index contributed by atoms with van der Waals surface area (Å²) in [5.74, 6) is 2.57. The van der Waals surface area contributed by atoms with Gasteiger partial charge in [0.2, 0.25) is 0 Å². The van der Waals surface area contributed by atoms with E-state index < -0.39 is 0 Å². The smallest absolute Gasteiger partial charge is 0.143 e. The van der Waals surface area contributed by atoms with Gasteiger partial charge >= 0.3 is 0 Å². The van der Waals surface area contributed by atoms with Crippen LogP contribution in [0.3, 0.4) is 0 Å². The normalized spacial score (nSPS) is 10.6. The minimum atomic E-state index is 0.778. The Labute approximate surface area is 145 Å². The average Bonchev–Trinajstić information content (AvgIpc) is 2.47. The Bertz CT molecular complexity index is 564. The maximum Gasteiger partial charge on any atom is 0.143 e. The zero-order valence-corrected chi connectivity index (χ0v) is 15.8. The van der Waals surface area contributed by atoms with Gasteiger partial charge in [-0.1, -0.05) is 22.9 Å². The quantitative estimate of drug-likeness (QED) is 0.513. The summed E-state index contributed by atoms with van der Waals surface area (Å²) >= 11 is 7.50. The molecule has 0 radical (unpaired) electrons. The van der Waals surface area contributed by atoms with Crippen LogP contribution in [0.2, 0.25) is 0 Å². The lowest BCUT2D eigenvalue weighted by Crippen LogP contribution is -2.06. The standard InChI is InChI=1S/C14H15BrIN3S/c1-3-11-13(16)14(17-2)19-12(18-11)8-20-10-6-4-9(15)5-7-10/h4-7H,3,8H2,1-2H3,(H,17,18,19). The van der Waals surface area contributed by atoms with Crippen LogP contribution in [0.4, 0.5) is 5.82 Å². The van der Waals surface area contributed by atoms with Crippen LogP contribution in [0.25, 0.3) is 0 Å². The molecule has 3 nitrogen and oxygen atoms in total. The fourth-order valence-corrected chi connectivity index (χ4v) is 3.60. The maximum absolute atomic E-state index is 4.64. The molecular formula is C14H15BrIN3S. The van der Waals surface area contributed by atoms with Gasteiger partial charge in [-0.2, -0.15) is 0 Å². The largest absolute Gasteiger partial charge is 0.372 e. The van der Waals surface area contributed by atoms with Crippen molar-refractivity contribution in [1.82, 2.24) is 9.97 Å². The van der Waals surface area contributed by atoms with Gasteiger partial charge in [0, 0.05) is 16.4 Å². The zero-order valence-electron chi connectivity index (χ0n) is 11.3. The summed E-state index contributed by atoms with van der Waals surface area (Å²) in [5, 5.41) is 3.14. The van der Waals surface area contributed by atoms with E-state index in [0.29, 0.717) is 0 Å². The number of nitrogens with one attached hydrogen (secondary N) is 1. The van der Waals surface area contributed by atoms with E-state index in [1.165, 1.54) is 4.90 Å². The number of nitrogens with zero attached hydrogens (tertiary/aromatic N) is 2. The Morgan fingerprint density at radius 1 is 1.25 bits per heavy atom. The van der Waals surface area contributed by atoms with Crippen molar-refractivity contribution in [2.75, 3.05) is 12.4 Å². The summed E-state index contributed by atoms with van der Waals surface area (Å²) in [6.45, 7) is 2.12. The molecule has 1 N–H and O–H groups in total. The zero-order chi connectivity index (χ0) is 14.5. The predicted octanol–water partition coefficient (Wildman–Crippen LogP) is 4.74. The van der Waals surface area contributed by atoms with Crippen LogP contribution in [0, 0.1) is 3.57 Å². The van der Waals surface area contributed by atoms with Crippen LogP contribution in [0.1, 0.15) is 18.4 Å². The van der Waals surface area contributed by atoms with Crippen molar-refractivity contribution in [2.45, 2.75) is 24.0 Å². The number of halogens is 2.